The van der Waals surface area contributed by atoms with E-state index in [0.717, 1.165) is 26.4 Å². The molecule has 5 rings (SSSR count). The summed E-state index contributed by atoms with van der Waals surface area (Å²) in [6, 6.07) is 25.4. The van der Waals surface area contributed by atoms with Crippen LogP contribution in [0.15, 0.2) is 88.2 Å². The number of methoxy groups -OCH3 is 2. The van der Waals surface area contributed by atoms with Gasteiger partial charge in [0.05, 0.1) is 29.3 Å². The Morgan fingerprint density at radius 3 is 2.49 bits per heavy atom. The Balaban J connectivity index is 1.39. The molecule has 1 heterocycles. The van der Waals surface area contributed by atoms with Crippen LogP contribution in [-0.2, 0) is 11.4 Å². The van der Waals surface area contributed by atoms with Crippen LogP contribution in [0.1, 0.15) is 11.1 Å². The summed E-state index contributed by atoms with van der Waals surface area (Å²) >= 11 is 10.4. The molecule has 0 radical (unpaired) electrons. The molecule has 8 heteroatoms. The van der Waals surface area contributed by atoms with Gasteiger partial charge in [0.15, 0.2) is 15.8 Å². The van der Waals surface area contributed by atoms with E-state index in [-0.39, 0.29) is 5.91 Å². The van der Waals surface area contributed by atoms with Crippen molar-refractivity contribution in [2.45, 2.75) is 6.61 Å². The molecule has 1 saturated heterocycles. The SMILES string of the molecule is COc1ccc(N2C(=O)/C(=C/c3cc(Br)c(OCc4cccc5ccccc45)c(OC)c3)SC2=S)cc1. The monoisotopic (exact) mass is 591 g/mol. The van der Waals surface area contributed by atoms with E-state index in [1.165, 1.54) is 16.7 Å². The number of thioether (sulfide) groups is 1. The van der Waals surface area contributed by atoms with Gasteiger partial charge in [-0.05, 0) is 80.3 Å². The van der Waals surface area contributed by atoms with Crippen molar-refractivity contribution in [3.63, 3.8) is 0 Å². The van der Waals surface area contributed by atoms with Gasteiger partial charge in [-0.15, -0.1) is 0 Å². The van der Waals surface area contributed by atoms with E-state index >= 15 is 0 Å². The summed E-state index contributed by atoms with van der Waals surface area (Å²) in [6.45, 7) is 0.385. The van der Waals surface area contributed by atoms with Crippen LogP contribution < -0.4 is 19.1 Å². The minimum atomic E-state index is -0.175. The summed E-state index contributed by atoms with van der Waals surface area (Å²) < 4.78 is 18.3. The molecule has 0 unspecified atom stereocenters. The molecule has 1 amide bonds. The van der Waals surface area contributed by atoms with E-state index < -0.39 is 0 Å². The van der Waals surface area contributed by atoms with Crippen molar-refractivity contribution in [3.05, 3.63) is 99.4 Å². The van der Waals surface area contributed by atoms with Crippen LogP contribution in [0.25, 0.3) is 16.8 Å². The second-order valence-electron chi connectivity index (χ2n) is 8.18. The van der Waals surface area contributed by atoms with Gasteiger partial charge in [0.2, 0.25) is 0 Å². The maximum absolute atomic E-state index is 13.2. The highest BCUT2D eigenvalue weighted by Crippen LogP contribution is 2.41. The van der Waals surface area contributed by atoms with Crippen LogP contribution >= 0.6 is 39.9 Å². The lowest BCUT2D eigenvalue weighted by Crippen LogP contribution is -2.27. The van der Waals surface area contributed by atoms with Crippen LogP contribution in [0.2, 0.25) is 0 Å². The Labute approximate surface area is 233 Å². The van der Waals surface area contributed by atoms with E-state index in [9.17, 15) is 4.79 Å². The fraction of sp³-hybridized carbons (Fsp3) is 0.103. The van der Waals surface area contributed by atoms with Crippen LogP contribution in [0, 0.1) is 0 Å². The summed E-state index contributed by atoms with van der Waals surface area (Å²) in [6.07, 6.45) is 1.81. The lowest BCUT2D eigenvalue weighted by atomic mass is 10.1. The molecule has 1 fully saturated rings. The topological polar surface area (TPSA) is 48.0 Å². The number of carbonyl (C=O) groups is 1. The first kappa shape index (κ1) is 25.3. The van der Waals surface area contributed by atoms with Gasteiger partial charge in [-0.25, -0.2) is 0 Å². The van der Waals surface area contributed by atoms with Crippen molar-refractivity contribution in [2.75, 3.05) is 19.1 Å². The smallest absolute Gasteiger partial charge is 0.270 e. The molecule has 186 valence electrons. The molecule has 0 aliphatic carbocycles. The minimum Gasteiger partial charge on any atom is -0.497 e. The molecular formula is C29H22BrNO4S2. The number of amides is 1. The van der Waals surface area contributed by atoms with Gasteiger partial charge >= 0.3 is 0 Å². The first-order valence-electron chi connectivity index (χ1n) is 11.4. The fourth-order valence-corrected chi connectivity index (χ4v) is 5.98. The van der Waals surface area contributed by atoms with Crippen LogP contribution in [0.3, 0.4) is 0 Å². The Bertz CT molecular complexity index is 1530. The molecule has 4 aromatic carbocycles. The van der Waals surface area contributed by atoms with Gasteiger partial charge in [-0.2, -0.15) is 0 Å². The largest absolute Gasteiger partial charge is 0.497 e. The van der Waals surface area contributed by atoms with Crippen molar-refractivity contribution < 1.29 is 19.0 Å². The number of hydrogen-bond donors (Lipinski definition) is 0. The summed E-state index contributed by atoms with van der Waals surface area (Å²) in [7, 11) is 3.20. The van der Waals surface area contributed by atoms with E-state index in [0.29, 0.717) is 38.8 Å². The molecule has 37 heavy (non-hydrogen) atoms. The number of benzene rings is 4. The van der Waals surface area contributed by atoms with Gasteiger partial charge < -0.3 is 14.2 Å². The van der Waals surface area contributed by atoms with Gasteiger partial charge in [0, 0.05) is 0 Å². The lowest BCUT2D eigenvalue weighted by Gasteiger charge is -2.15. The van der Waals surface area contributed by atoms with E-state index in [4.69, 9.17) is 26.4 Å². The van der Waals surface area contributed by atoms with Crippen LogP contribution in [0.5, 0.6) is 17.2 Å². The predicted octanol–water partition coefficient (Wildman–Crippen LogP) is 7.60. The zero-order valence-electron chi connectivity index (χ0n) is 20.1. The highest BCUT2D eigenvalue weighted by Gasteiger charge is 2.33. The van der Waals surface area contributed by atoms with Gasteiger partial charge in [-0.3, -0.25) is 9.69 Å². The van der Waals surface area contributed by atoms with Crippen molar-refractivity contribution in [3.8, 4) is 17.2 Å². The number of anilines is 1. The first-order valence-corrected chi connectivity index (χ1v) is 13.4. The number of ether oxygens (including phenoxy) is 3. The summed E-state index contributed by atoms with van der Waals surface area (Å²) in [4.78, 5) is 15.3. The number of fused-ring (bicyclic) bond motifs is 1. The Morgan fingerprint density at radius 2 is 1.73 bits per heavy atom. The Hall–Kier alpha value is -3.33. The maximum Gasteiger partial charge on any atom is 0.270 e. The molecule has 0 N–H and O–H groups in total. The van der Waals surface area contributed by atoms with Gasteiger partial charge in [-0.1, -0.05) is 66.4 Å². The Kier molecular flexibility index (Phi) is 7.50. The average molecular weight is 593 g/mol. The van der Waals surface area contributed by atoms with Crippen molar-refractivity contribution in [1.29, 1.82) is 0 Å². The molecule has 1 aliphatic rings. The van der Waals surface area contributed by atoms with E-state index in [1.54, 1.807) is 26.4 Å². The second-order valence-corrected chi connectivity index (χ2v) is 10.7. The highest BCUT2D eigenvalue weighted by molar-refractivity contribution is 9.10. The number of carbonyl (C=O) groups excluding carboxylic acids is 1. The molecule has 0 aromatic heterocycles. The predicted molar refractivity (Wildman–Crippen MR) is 158 cm³/mol. The zero-order valence-corrected chi connectivity index (χ0v) is 23.3. The number of nitrogens with zero attached hydrogens (tertiary/aromatic N) is 1. The molecule has 1 aliphatic heterocycles. The molecule has 5 nitrogen and oxygen atoms in total. The van der Waals surface area contributed by atoms with Crippen LogP contribution in [0.4, 0.5) is 5.69 Å². The number of halogens is 1. The Morgan fingerprint density at radius 1 is 0.973 bits per heavy atom. The molecule has 4 aromatic rings. The summed E-state index contributed by atoms with van der Waals surface area (Å²) in [5.74, 6) is 1.70. The van der Waals surface area contributed by atoms with Crippen molar-refractivity contribution in [1.82, 2.24) is 0 Å². The quantitative estimate of drug-likeness (QED) is 0.163. The standard InChI is InChI=1S/C29H22BrNO4S2/c1-33-22-12-10-21(11-13-22)31-28(32)26(37-29(31)36)16-18-14-24(30)27(25(15-18)34-2)35-17-20-8-5-7-19-6-3-4-9-23(19)20/h3-16H,17H2,1-2H3/b26-16-. The third-order valence-corrected chi connectivity index (χ3v) is 7.82. The molecule has 0 spiro atoms. The normalized spacial score (nSPS) is 14.5. The fourth-order valence-electron chi connectivity index (χ4n) is 4.10. The molecule has 0 atom stereocenters. The summed E-state index contributed by atoms with van der Waals surface area (Å²) in [5, 5.41) is 2.31. The molecule has 0 bridgehead atoms. The van der Waals surface area contributed by atoms with Crippen molar-refractivity contribution >= 4 is 72.7 Å². The second kappa shape index (κ2) is 11.0. The molecule has 0 saturated carbocycles. The first-order chi connectivity index (χ1) is 18.0. The van der Waals surface area contributed by atoms with Crippen molar-refractivity contribution in [2.24, 2.45) is 0 Å². The number of rotatable bonds is 7. The minimum absolute atomic E-state index is 0.175. The van der Waals surface area contributed by atoms with Crippen LogP contribution in [-0.4, -0.2) is 24.4 Å². The number of hydrogen-bond acceptors (Lipinski definition) is 6. The van der Waals surface area contributed by atoms with E-state index in [1.807, 2.05) is 48.5 Å². The third-order valence-electron chi connectivity index (χ3n) is 5.93. The summed E-state index contributed by atoms with van der Waals surface area (Å²) in [5.41, 5.74) is 2.57. The highest BCUT2D eigenvalue weighted by atomic mass is 79.9. The maximum atomic E-state index is 13.2. The van der Waals surface area contributed by atoms with E-state index in [2.05, 4.69) is 40.2 Å². The lowest BCUT2D eigenvalue weighted by molar-refractivity contribution is -0.113. The average Bonchev–Trinajstić information content (AvgIpc) is 3.19. The third kappa shape index (κ3) is 5.23. The van der Waals surface area contributed by atoms with Gasteiger partial charge in [0.1, 0.15) is 12.4 Å². The number of thiocarbonyl (C=S) groups is 1. The molecular weight excluding hydrogens is 570 g/mol. The van der Waals surface area contributed by atoms with Gasteiger partial charge in [0.25, 0.3) is 5.91 Å². The zero-order chi connectivity index (χ0) is 25.9.